The first-order chi connectivity index (χ1) is 9.33. The van der Waals surface area contributed by atoms with Gasteiger partial charge in [0, 0.05) is 24.7 Å². The van der Waals surface area contributed by atoms with Crippen molar-refractivity contribution in [3.05, 3.63) is 24.0 Å². The zero-order chi connectivity index (χ0) is 13.1. The van der Waals surface area contributed by atoms with Crippen LogP contribution < -0.4 is 5.73 Å². The van der Waals surface area contributed by atoms with E-state index in [9.17, 15) is 0 Å². The number of anilines is 1. The smallest absolute Gasteiger partial charge is 0.0501 e. The molecule has 3 heteroatoms. The SMILES string of the molecule is Nc1ccc(CCN2CCCC3CCCCC32)nc1. The van der Waals surface area contributed by atoms with Gasteiger partial charge in [-0.15, -0.1) is 0 Å². The van der Waals surface area contributed by atoms with Crippen LogP contribution in [0.1, 0.15) is 44.2 Å². The minimum atomic E-state index is 0.758. The highest BCUT2D eigenvalue weighted by Crippen LogP contribution is 2.35. The molecule has 0 bridgehead atoms. The summed E-state index contributed by atoms with van der Waals surface area (Å²) in [5.41, 5.74) is 7.61. The quantitative estimate of drug-likeness (QED) is 0.907. The molecule has 2 N–H and O–H groups in total. The molecule has 1 aromatic heterocycles. The molecule has 1 saturated carbocycles. The number of nitrogens with two attached hydrogens (primary N) is 1. The molecule has 3 nitrogen and oxygen atoms in total. The average molecular weight is 259 g/mol. The Balaban J connectivity index is 1.57. The highest BCUT2D eigenvalue weighted by Gasteiger charge is 2.32. The van der Waals surface area contributed by atoms with Gasteiger partial charge in [0.25, 0.3) is 0 Å². The summed E-state index contributed by atoms with van der Waals surface area (Å²) in [5.74, 6) is 0.974. The lowest BCUT2D eigenvalue weighted by molar-refractivity contribution is 0.0618. The third-order valence-electron chi connectivity index (χ3n) is 4.86. The number of nitrogen functional groups attached to an aromatic ring is 1. The third-order valence-corrected chi connectivity index (χ3v) is 4.86. The van der Waals surface area contributed by atoms with Gasteiger partial charge in [-0.25, -0.2) is 0 Å². The molecule has 0 radical (unpaired) electrons. The molecule has 2 unspecified atom stereocenters. The molecule has 0 amide bonds. The van der Waals surface area contributed by atoms with Crippen molar-refractivity contribution in [1.29, 1.82) is 0 Å². The second-order valence-corrected chi connectivity index (χ2v) is 6.12. The molecule has 19 heavy (non-hydrogen) atoms. The van der Waals surface area contributed by atoms with Crippen molar-refractivity contribution in [2.45, 2.75) is 51.0 Å². The Kier molecular flexibility index (Phi) is 4.02. The number of hydrogen-bond acceptors (Lipinski definition) is 3. The summed E-state index contributed by atoms with van der Waals surface area (Å²) in [6, 6.07) is 4.89. The van der Waals surface area contributed by atoms with E-state index in [1.165, 1.54) is 50.8 Å². The molecule has 3 rings (SSSR count). The molecule has 0 spiro atoms. The van der Waals surface area contributed by atoms with Crippen LogP contribution in [-0.2, 0) is 6.42 Å². The Bertz CT molecular complexity index is 399. The van der Waals surface area contributed by atoms with Gasteiger partial charge in [0.05, 0.1) is 11.9 Å². The molecule has 2 heterocycles. The highest BCUT2D eigenvalue weighted by atomic mass is 15.2. The molecular weight excluding hydrogens is 234 g/mol. The van der Waals surface area contributed by atoms with E-state index in [-0.39, 0.29) is 0 Å². The number of aromatic nitrogens is 1. The fraction of sp³-hybridized carbons (Fsp3) is 0.688. The Morgan fingerprint density at radius 3 is 2.84 bits per heavy atom. The summed E-state index contributed by atoms with van der Waals surface area (Å²) < 4.78 is 0. The molecule has 2 atom stereocenters. The fourth-order valence-electron chi connectivity index (χ4n) is 3.85. The average Bonchev–Trinajstić information content (AvgIpc) is 2.47. The Labute approximate surface area is 116 Å². The van der Waals surface area contributed by atoms with Crippen LogP contribution in [0.25, 0.3) is 0 Å². The minimum absolute atomic E-state index is 0.758. The molecule has 1 aromatic rings. The van der Waals surface area contributed by atoms with E-state index in [0.717, 1.165) is 30.6 Å². The Hall–Kier alpha value is -1.09. The van der Waals surface area contributed by atoms with Gasteiger partial charge >= 0.3 is 0 Å². The summed E-state index contributed by atoms with van der Waals surface area (Å²) in [4.78, 5) is 7.14. The van der Waals surface area contributed by atoms with Gasteiger partial charge in [0.15, 0.2) is 0 Å². The lowest BCUT2D eigenvalue weighted by atomic mass is 9.78. The molecular formula is C16H25N3. The van der Waals surface area contributed by atoms with Crippen molar-refractivity contribution < 1.29 is 0 Å². The molecule has 2 fully saturated rings. The third kappa shape index (κ3) is 3.08. The maximum absolute atomic E-state index is 5.68. The Morgan fingerprint density at radius 1 is 1.16 bits per heavy atom. The number of nitrogens with zero attached hydrogens (tertiary/aromatic N) is 2. The molecule has 1 saturated heterocycles. The number of piperidine rings is 1. The molecule has 104 valence electrons. The monoisotopic (exact) mass is 259 g/mol. The number of pyridine rings is 1. The van der Waals surface area contributed by atoms with Crippen LogP contribution in [-0.4, -0.2) is 29.0 Å². The van der Waals surface area contributed by atoms with E-state index in [0.29, 0.717) is 0 Å². The van der Waals surface area contributed by atoms with Gasteiger partial charge < -0.3 is 5.73 Å². The molecule has 1 aliphatic heterocycles. The number of rotatable bonds is 3. The van der Waals surface area contributed by atoms with Crippen molar-refractivity contribution in [2.24, 2.45) is 5.92 Å². The topological polar surface area (TPSA) is 42.1 Å². The fourth-order valence-corrected chi connectivity index (χ4v) is 3.85. The van der Waals surface area contributed by atoms with Crippen molar-refractivity contribution in [3.8, 4) is 0 Å². The zero-order valence-electron chi connectivity index (χ0n) is 11.7. The van der Waals surface area contributed by atoms with E-state index in [1.54, 1.807) is 6.20 Å². The highest BCUT2D eigenvalue weighted by molar-refractivity contribution is 5.34. The second kappa shape index (κ2) is 5.91. The summed E-state index contributed by atoms with van der Waals surface area (Å²) in [6.07, 6.45) is 11.4. The first kappa shape index (κ1) is 12.9. The van der Waals surface area contributed by atoms with Crippen molar-refractivity contribution >= 4 is 5.69 Å². The largest absolute Gasteiger partial charge is 0.397 e. The van der Waals surface area contributed by atoms with Gasteiger partial charge in [-0.05, 0) is 50.3 Å². The van der Waals surface area contributed by atoms with Crippen LogP contribution in [0, 0.1) is 5.92 Å². The second-order valence-electron chi connectivity index (χ2n) is 6.12. The molecule has 0 aromatic carbocycles. The van der Waals surface area contributed by atoms with Crippen LogP contribution in [0.3, 0.4) is 0 Å². The normalized spacial score (nSPS) is 28.0. The van der Waals surface area contributed by atoms with Crippen LogP contribution in [0.4, 0.5) is 5.69 Å². The summed E-state index contributed by atoms with van der Waals surface area (Å²) in [7, 11) is 0. The molecule has 1 aliphatic carbocycles. The predicted octanol–water partition coefficient (Wildman–Crippen LogP) is 2.86. The summed E-state index contributed by atoms with van der Waals surface area (Å²) in [6.45, 7) is 2.45. The van der Waals surface area contributed by atoms with Gasteiger partial charge in [0.2, 0.25) is 0 Å². The van der Waals surface area contributed by atoms with Crippen LogP contribution in [0.2, 0.25) is 0 Å². The maximum Gasteiger partial charge on any atom is 0.0501 e. The van der Waals surface area contributed by atoms with Crippen molar-refractivity contribution in [3.63, 3.8) is 0 Å². The molecule has 2 aliphatic rings. The van der Waals surface area contributed by atoms with Gasteiger partial charge in [-0.3, -0.25) is 9.88 Å². The Morgan fingerprint density at radius 2 is 2.00 bits per heavy atom. The first-order valence-electron chi connectivity index (χ1n) is 7.77. The lowest BCUT2D eigenvalue weighted by Crippen LogP contribution is -2.47. The van der Waals surface area contributed by atoms with Crippen LogP contribution in [0.15, 0.2) is 18.3 Å². The number of fused-ring (bicyclic) bond motifs is 1. The zero-order valence-corrected chi connectivity index (χ0v) is 11.7. The van der Waals surface area contributed by atoms with Gasteiger partial charge in [0.1, 0.15) is 0 Å². The summed E-state index contributed by atoms with van der Waals surface area (Å²) >= 11 is 0. The van der Waals surface area contributed by atoms with Gasteiger partial charge in [-0.2, -0.15) is 0 Å². The lowest BCUT2D eigenvalue weighted by Gasteiger charge is -2.44. The van der Waals surface area contributed by atoms with Crippen molar-refractivity contribution in [2.75, 3.05) is 18.8 Å². The van der Waals surface area contributed by atoms with E-state index in [1.807, 2.05) is 6.07 Å². The van der Waals surface area contributed by atoms with E-state index in [4.69, 9.17) is 5.73 Å². The summed E-state index contributed by atoms with van der Waals surface area (Å²) in [5, 5.41) is 0. The first-order valence-corrected chi connectivity index (χ1v) is 7.77. The maximum atomic E-state index is 5.68. The van der Waals surface area contributed by atoms with Crippen LogP contribution in [0.5, 0.6) is 0 Å². The predicted molar refractivity (Wildman–Crippen MR) is 78.9 cm³/mol. The number of likely N-dealkylation sites (tertiary alicyclic amines) is 1. The van der Waals surface area contributed by atoms with E-state index < -0.39 is 0 Å². The van der Waals surface area contributed by atoms with Crippen molar-refractivity contribution in [1.82, 2.24) is 9.88 Å². The standard InChI is InChI=1S/C16H25N3/c17-14-7-8-15(18-12-14)9-11-19-10-3-5-13-4-1-2-6-16(13)19/h7-8,12-13,16H,1-6,9-11,17H2. The minimum Gasteiger partial charge on any atom is -0.397 e. The van der Waals surface area contributed by atoms with Gasteiger partial charge in [-0.1, -0.05) is 12.8 Å². The van der Waals surface area contributed by atoms with Crippen LogP contribution >= 0.6 is 0 Å². The van der Waals surface area contributed by atoms with E-state index >= 15 is 0 Å². The van der Waals surface area contributed by atoms with E-state index in [2.05, 4.69) is 16.0 Å². The number of hydrogen-bond donors (Lipinski definition) is 1.